The van der Waals surface area contributed by atoms with Gasteiger partial charge in [-0.05, 0) is 31.4 Å². The number of aliphatic carboxylic acids is 1. The van der Waals surface area contributed by atoms with Crippen molar-refractivity contribution in [2.45, 2.75) is 38.8 Å². The summed E-state index contributed by atoms with van der Waals surface area (Å²) in [5.74, 6) is -1.07. The number of hydrogen-bond acceptors (Lipinski definition) is 3. The number of benzene rings is 1. The van der Waals surface area contributed by atoms with E-state index in [1.807, 2.05) is 44.2 Å². The highest BCUT2D eigenvalue weighted by atomic mass is 31.0. The number of nitrogens with one attached hydrogen (secondary N) is 1. The molecule has 0 aromatic heterocycles. The summed E-state index contributed by atoms with van der Waals surface area (Å²) < 4.78 is 1.73. The second kappa shape index (κ2) is 8.86. The van der Waals surface area contributed by atoms with Gasteiger partial charge in [0.2, 0.25) is 5.91 Å². The van der Waals surface area contributed by atoms with E-state index in [4.69, 9.17) is 0 Å². The van der Waals surface area contributed by atoms with E-state index in [1.165, 1.54) is 0 Å². The summed E-state index contributed by atoms with van der Waals surface area (Å²) in [5, 5.41) is 11.9. The zero-order valence-electron chi connectivity index (χ0n) is 13.3. The van der Waals surface area contributed by atoms with Gasteiger partial charge in [0.25, 0.3) is 0 Å². The number of carbonyl (C=O) groups is 2. The molecule has 1 aromatic carbocycles. The smallest absolute Gasteiger partial charge is 0.326 e. The average molecular weight is 324 g/mol. The third-order valence-corrected chi connectivity index (χ3v) is 3.75. The molecule has 0 spiro atoms. The van der Waals surface area contributed by atoms with E-state index in [0.29, 0.717) is 12.8 Å². The molecule has 0 fully saturated rings. The van der Waals surface area contributed by atoms with Gasteiger partial charge in [0, 0.05) is 0 Å². The van der Waals surface area contributed by atoms with Gasteiger partial charge in [-0.1, -0.05) is 53.6 Å². The van der Waals surface area contributed by atoms with Gasteiger partial charge in [-0.25, -0.2) is 4.79 Å². The van der Waals surface area contributed by atoms with Gasteiger partial charge in [-0.2, -0.15) is 0 Å². The molecule has 0 saturated carbocycles. The van der Waals surface area contributed by atoms with Gasteiger partial charge in [-0.15, -0.1) is 0 Å². The van der Waals surface area contributed by atoms with Crippen LogP contribution >= 0.6 is 9.39 Å². The first-order chi connectivity index (χ1) is 10.3. The summed E-state index contributed by atoms with van der Waals surface area (Å²) in [4.78, 5) is 23.7. The highest BCUT2D eigenvalue weighted by molar-refractivity contribution is 7.13. The van der Waals surface area contributed by atoms with E-state index in [1.54, 1.807) is 11.7 Å². The summed E-state index contributed by atoms with van der Waals surface area (Å²) in [6.45, 7) is 3.87. The van der Waals surface area contributed by atoms with Gasteiger partial charge < -0.3 is 10.4 Å². The lowest BCUT2D eigenvalue weighted by molar-refractivity contribution is -0.142. The van der Waals surface area contributed by atoms with Gasteiger partial charge in [0.05, 0.1) is 6.04 Å². The number of carbonyl (C=O) groups excluding carboxylic acids is 1. The molecule has 122 valence electrons. The van der Waals surface area contributed by atoms with Gasteiger partial charge in [-0.3, -0.25) is 9.46 Å². The van der Waals surface area contributed by atoms with E-state index >= 15 is 0 Å². The molecular weight excluding hydrogens is 299 g/mol. The fourth-order valence-electron chi connectivity index (χ4n) is 2.22. The number of carboxylic acid groups (broad SMARTS) is 1. The van der Waals surface area contributed by atoms with Crippen LogP contribution in [-0.2, 0) is 16.0 Å². The molecular formula is C16H25N2O3P. The van der Waals surface area contributed by atoms with Gasteiger partial charge in [0.15, 0.2) is 0 Å². The molecule has 0 aliphatic rings. The van der Waals surface area contributed by atoms with E-state index in [9.17, 15) is 14.7 Å². The molecule has 22 heavy (non-hydrogen) atoms. The van der Waals surface area contributed by atoms with Gasteiger partial charge >= 0.3 is 5.97 Å². The van der Waals surface area contributed by atoms with E-state index < -0.39 is 18.1 Å². The van der Waals surface area contributed by atoms with E-state index in [2.05, 4.69) is 14.7 Å². The van der Waals surface area contributed by atoms with Crippen LogP contribution in [0.4, 0.5) is 0 Å². The van der Waals surface area contributed by atoms with Gasteiger partial charge in [0.1, 0.15) is 6.04 Å². The van der Waals surface area contributed by atoms with Crippen LogP contribution in [0.15, 0.2) is 30.3 Å². The Labute approximate surface area is 134 Å². The zero-order valence-corrected chi connectivity index (χ0v) is 14.5. The van der Waals surface area contributed by atoms with Crippen molar-refractivity contribution in [1.82, 2.24) is 9.99 Å². The first-order valence-corrected chi connectivity index (χ1v) is 7.87. The maximum absolute atomic E-state index is 12.5. The molecule has 0 aliphatic carbocycles. The van der Waals surface area contributed by atoms with Crippen molar-refractivity contribution < 1.29 is 14.7 Å². The molecule has 3 atom stereocenters. The fourth-order valence-corrected chi connectivity index (χ4v) is 2.46. The van der Waals surface area contributed by atoms with Crippen LogP contribution in [0.25, 0.3) is 0 Å². The number of hydrogen-bond donors (Lipinski definition) is 2. The minimum atomic E-state index is -0.994. The lowest BCUT2D eigenvalue weighted by atomic mass is 10.0. The summed E-state index contributed by atoms with van der Waals surface area (Å²) in [6, 6.07) is 8.40. The fraction of sp³-hybridized carbons (Fsp3) is 0.500. The molecule has 0 heterocycles. The largest absolute Gasteiger partial charge is 0.480 e. The summed E-state index contributed by atoms with van der Waals surface area (Å²) in [6.07, 6.45) is 0.945. The predicted octanol–water partition coefficient (Wildman–Crippen LogP) is 1.94. The monoisotopic (exact) mass is 324 g/mol. The topological polar surface area (TPSA) is 69.6 Å². The third kappa shape index (κ3) is 6.12. The number of nitrogens with zero attached hydrogens (tertiary/aromatic N) is 1. The van der Waals surface area contributed by atoms with Crippen LogP contribution in [0, 0.1) is 5.92 Å². The van der Waals surface area contributed by atoms with Crippen LogP contribution in [0.1, 0.15) is 25.8 Å². The summed E-state index contributed by atoms with van der Waals surface area (Å²) in [5.41, 5.74) is 1.03. The Morgan fingerprint density at radius 1 is 1.27 bits per heavy atom. The molecule has 0 saturated heterocycles. The second-order valence-electron chi connectivity index (χ2n) is 5.90. The Balaban J connectivity index is 2.78. The average Bonchev–Trinajstić information content (AvgIpc) is 2.44. The molecule has 1 rings (SSSR count). The molecule has 0 aliphatic heterocycles. The highest BCUT2D eigenvalue weighted by Crippen LogP contribution is 2.13. The van der Waals surface area contributed by atoms with Crippen molar-refractivity contribution in [3.63, 3.8) is 0 Å². The van der Waals surface area contributed by atoms with Crippen LogP contribution in [0.3, 0.4) is 0 Å². The van der Waals surface area contributed by atoms with Crippen molar-refractivity contribution in [2.75, 3.05) is 7.05 Å². The first kappa shape index (κ1) is 18.6. The molecule has 5 nitrogen and oxygen atoms in total. The Hall–Kier alpha value is -1.45. The zero-order chi connectivity index (χ0) is 16.7. The van der Waals surface area contributed by atoms with Crippen molar-refractivity contribution >= 4 is 21.3 Å². The maximum atomic E-state index is 12.5. The van der Waals surface area contributed by atoms with Crippen molar-refractivity contribution in [2.24, 2.45) is 5.92 Å². The molecule has 0 bridgehead atoms. The molecule has 6 heteroatoms. The standard InChI is InChI=1S/C16H25N2O3P/c1-11(2)9-13(16(20)21)17-15(19)14(18(3)22)10-12-7-5-4-6-8-12/h4-8,11,13-14H,9-10,22H2,1-3H3,(H,17,19)(H,20,21)/t13-,14-/m0/s1. The van der Waals surface area contributed by atoms with Crippen LogP contribution in [-0.4, -0.2) is 40.8 Å². The lowest BCUT2D eigenvalue weighted by Gasteiger charge is -2.25. The van der Waals surface area contributed by atoms with Crippen molar-refractivity contribution in [3.05, 3.63) is 35.9 Å². The maximum Gasteiger partial charge on any atom is 0.326 e. The number of amides is 1. The normalized spacial score (nSPS) is 13.9. The van der Waals surface area contributed by atoms with Crippen molar-refractivity contribution in [3.8, 4) is 0 Å². The predicted molar refractivity (Wildman–Crippen MR) is 90.4 cm³/mol. The van der Waals surface area contributed by atoms with E-state index in [-0.39, 0.29) is 11.8 Å². The SMILES string of the molecule is CC(C)C[C@H](NC(=O)[C@H](Cc1ccccc1)N(C)P)C(=O)O. The Morgan fingerprint density at radius 3 is 2.32 bits per heavy atom. The van der Waals surface area contributed by atoms with Crippen LogP contribution in [0.2, 0.25) is 0 Å². The van der Waals surface area contributed by atoms with Crippen LogP contribution in [0.5, 0.6) is 0 Å². The molecule has 2 N–H and O–H groups in total. The lowest BCUT2D eigenvalue weighted by Crippen LogP contribution is -2.49. The van der Waals surface area contributed by atoms with E-state index in [0.717, 1.165) is 5.56 Å². The molecule has 1 amide bonds. The molecule has 0 radical (unpaired) electrons. The summed E-state index contributed by atoms with van der Waals surface area (Å²) in [7, 11) is 4.27. The Bertz CT molecular complexity index is 491. The van der Waals surface area contributed by atoms with Crippen molar-refractivity contribution in [1.29, 1.82) is 0 Å². The molecule has 1 aromatic rings. The minimum Gasteiger partial charge on any atom is -0.480 e. The second-order valence-corrected chi connectivity index (χ2v) is 6.71. The third-order valence-electron chi connectivity index (χ3n) is 3.39. The first-order valence-electron chi connectivity index (χ1n) is 7.36. The number of carboxylic acids is 1. The Morgan fingerprint density at radius 2 is 1.86 bits per heavy atom. The quantitative estimate of drug-likeness (QED) is 0.717. The number of likely N-dealkylation sites (N-methyl/N-ethyl adjacent to an activating group) is 1. The van der Waals surface area contributed by atoms with Crippen LogP contribution < -0.4 is 5.32 Å². The minimum absolute atomic E-state index is 0.197. The molecule has 1 unspecified atom stereocenters. The summed E-state index contributed by atoms with van der Waals surface area (Å²) >= 11 is 0. The highest BCUT2D eigenvalue weighted by Gasteiger charge is 2.27. The number of rotatable bonds is 8. The Kier molecular flexibility index (Phi) is 7.49.